The van der Waals surface area contributed by atoms with Crippen molar-refractivity contribution in [1.82, 2.24) is 9.88 Å². The predicted octanol–water partition coefficient (Wildman–Crippen LogP) is 3.94. The molecule has 1 aromatic rings. The van der Waals surface area contributed by atoms with Crippen LogP contribution in [0.4, 0.5) is 9.18 Å². The number of pyridine rings is 1. The number of alkyl halides is 1. The van der Waals surface area contributed by atoms with E-state index in [0.29, 0.717) is 18.0 Å². The molecule has 1 amide bonds. The Morgan fingerprint density at radius 1 is 1.36 bits per heavy atom. The molecular formula is C16H20ClFN2O2. The number of aromatic nitrogens is 1. The third-order valence-corrected chi connectivity index (χ3v) is 4.56. The fourth-order valence-corrected chi connectivity index (χ4v) is 3.62. The summed E-state index contributed by atoms with van der Waals surface area (Å²) in [5.74, 6) is 0.0919. The third-order valence-electron chi connectivity index (χ3n) is 4.34. The summed E-state index contributed by atoms with van der Waals surface area (Å²) in [6, 6.07) is 3.06. The molecule has 0 N–H and O–H groups in total. The summed E-state index contributed by atoms with van der Waals surface area (Å²) in [7, 11) is 0. The van der Waals surface area contributed by atoms with Gasteiger partial charge in [0, 0.05) is 24.6 Å². The molecule has 2 saturated heterocycles. The van der Waals surface area contributed by atoms with Gasteiger partial charge in [0.2, 0.25) is 0 Å². The van der Waals surface area contributed by atoms with Gasteiger partial charge in [-0.1, -0.05) is 17.7 Å². The number of carbonyl (C=O) groups excluding carboxylic acids is 1. The van der Waals surface area contributed by atoms with Crippen molar-refractivity contribution in [2.24, 2.45) is 0 Å². The second-order valence-corrected chi connectivity index (χ2v) is 7.42. The van der Waals surface area contributed by atoms with Gasteiger partial charge in [0.1, 0.15) is 16.9 Å². The maximum absolute atomic E-state index is 14.1. The number of hydrogen-bond donors (Lipinski definition) is 0. The molecule has 2 aliphatic heterocycles. The Morgan fingerprint density at radius 2 is 2.09 bits per heavy atom. The van der Waals surface area contributed by atoms with E-state index in [0.717, 1.165) is 5.56 Å². The van der Waals surface area contributed by atoms with Crippen LogP contribution < -0.4 is 0 Å². The molecule has 22 heavy (non-hydrogen) atoms. The molecule has 3 rings (SSSR count). The van der Waals surface area contributed by atoms with Gasteiger partial charge in [0.05, 0.1) is 6.04 Å². The average molecular weight is 327 g/mol. The van der Waals surface area contributed by atoms with Crippen molar-refractivity contribution >= 4 is 17.7 Å². The molecule has 4 atom stereocenters. The van der Waals surface area contributed by atoms with E-state index in [4.69, 9.17) is 16.3 Å². The number of halogens is 2. The van der Waals surface area contributed by atoms with Crippen LogP contribution >= 0.6 is 11.6 Å². The van der Waals surface area contributed by atoms with E-state index in [-0.39, 0.29) is 12.0 Å². The minimum Gasteiger partial charge on any atom is -0.444 e. The fraction of sp³-hybridized carbons (Fsp3) is 0.625. The summed E-state index contributed by atoms with van der Waals surface area (Å²) in [6.07, 6.45) is 1.28. The van der Waals surface area contributed by atoms with E-state index in [9.17, 15) is 9.18 Å². The highest BCUT2D eigenvalue weighted by molar-refractivity contribution is 6.29. The molecule has 0 aliphatic carbocycles. The Bertz CT molecular complexity index is 573. The molecule has 2 fully saturated rings. The number of ether oxygens (including phenoxy) is 1. The van der Waals surface area contributed by atoms with Gasteiger partial charge >= 0.3 is 6.09 Å². The smallest absolute Gasteiger partial charge is 0.410 e. The molecule has 1 aromatic heterocycles. The summed E-state index contributed by atoms with van der Waals surface area (Å²) in [5, 5.41) is 0.430. The lowest BCUT2D eigenvalue weighted by molar-refractivity contribution is 0.0195. The Balaban J connectivity index is 1.82. The SMILES string of the molecule is CC(C)(C)OC(=O)N1[C@@H]2C[C@H](F)[C@H]1C[C@@H]2c1ccc(Cl)nc1. The summed E-state index contributed by atoms with van der Waals surface area (Å²) >= 11 is 5.82. The first-order chi connectivity index (χ1) is 10.3. The van der Waals surface area contributed by atoms with Crippen LogP contribution in [0.15, 0.2) is 18.3 Å². The summed E-state index contributed by atoms with van der Waals surface area (Å²) in [5.41, 5.74) is 0.416. The molecule has 0 saturated carbocycles. The first kappa shape index (κ1) is 15.5. The second kappa shape index (κ2) is 5.37. The third kappa shape index (κ3) is 2.78. The van der Waals surface area contributed by atoms with Gasteiger partial charge in [-0.05, 0) is 38.8 Å². The molecule has 3 heterocycles. The quantitative estimate of drug-likeness (QED) is 0.734. The number of nitrogens with zero attached hydrogens (tertiary/aromatic N) is 2. The number of amides is 1. The van der Waals surface area contributed by atoms with E-state index in [1.165, 1.54) is 0 Å². The van der Waals surface area contributed by atoms with Crippen molar-refractivity contribution < 1.29 is 13.9 Å². The van der Waals surface area contributed by atoms with Crippen molar-refractivity contribution in [1.29, 1.82) is 0 Å². The van der Waals surface area contributed by atoms with E-state index >= 15 is 0 Å². The molecule has 0 aromatic carbocycles. The van der Waals surface area contributed by atoms with Crippen molar-refractivity contribution in [3.63, 3.8) is 0 Å². The number of rotatable bonds is 1. The van der Waals surface area contributed by atoms with Crippen molar-refractivity contribution in [3.8, 4) is 0 Å². The molecule has 0 radical (unpaired) electrons. The Hall–Kier alpha value is -1.36. The predicted molar refractivity (Wildman–Crippen MR) is 81.8 cm³/mol. The first-order valence-electron chi connectivity index (χ1n) is 7.53. The van der Waals surface area contributed by atoms with Crippen molar-refractivity contribution in [2.75, 3.05) is 0 Å². The highest BCUT2D eigenvalue weighted by atomic mass is 35.5. The van der Waals surface area contributed by atoms with Gasteiger partial charge in [-0.15, -0.1) is 0 Å². The first-order valence-corrected chi connectivity index (χ1v) is 7.91. The molecule has 0 unspecified atom stereocenters. The Kier molecular flexibility index (Phi) is 3.79. The summed E-state index contributed by atoms with van der Waals surface area (Å²) in [4.78, 5) is 18.1. The second-order valence-electron chi connectivity index (χ2n) is 7.03. The average Bonchev–Trinajstić information content (AvgIpc) is 2.91. The summed E-state index contributed by atoms with van der Waals surface area (Å²) in [6.45, 7) is 5.45. The van der Waals surface area contributed by atoms with Gasteiger partial charge in [-0.2, -0.15) is 0 Å². The van der Waals surface area contributed by atoms with E-state index in [2.05, 4.69) is 4.98 Å². The molecule has 4 nitrogen and oxygen atoms in total. The molecule has 2 aliphatic rings. The number of fused-ring (bicyclic) bond motifs is 2. The zero-order chi connectivity index (χ0) is 16.1. The highest BCUT2D eigenvalue weighted by Crippen LogP contribution is 2.48. The standard InChI is InChI=1S/C16H20ClFN2O2/c1-16(2,3)22-15(21)20-12-7-11(18)13(20)6-10(12)9-4-5-14(17)19-8-9/h4-5,8,10-13H,6-7H2,1-3H3/t10-,11+,12-,13-/m1/s1. The minimum absolute atomic E-state index is 0.0919. The van der Waals surface area contributed by atoms with Crippen LogP contribution in [0.3, 0.4) is 0 Å². The topological polar surface area (TPSA) is 42.4 Å². The van der Waals surface area contributed by atoms with Crippen LogP contribution in [0.2, 0.25) is 5.15 Å². The van der Waals surface area contributed by atoms with Gasteiger partial charge in [0.15, 0.2) is 0 Å². The van der Waals surface area contributed by atoms with Crippen LogP contribution in [0.1, 0.15) is 45.1 Å². The largest absolute Gasteiger partial charge is 0.444 e. The number of hydrogen-bond acceptors (Lipinski definition) is 3. The minimum atomic E-state index is -0.978. The molecular weight excluding hydrogens is 307 g/mol. The normalized spacial score (nSPS) is 30.7. The van der Waals surface area contributed by atoms with Crippen LogP contribution in [0.25, 0.3) is 0 Å². The van der Waals surface area contributed by atoms with Gasteiger partial charge < -0.3 is 4.74 Å². The van der Waals surface area contributed by atoms with Crippen LogP contribution in [0.5, 0.6) is 0 Å². The van der Waals surface area contributed by atoms with E-state index in [1.54, 1.807) is 17.2 Å². The zero-order valence-electron chi connectivity index (χ0n) is 12.9. The molecule has 6 heteroatoms. The monoisotopic (exact) mass is 326 g/mol. The van der Waals surface area contributed by atoms with Gasteiger partial charge in [-0.3, -0.25) is 4.90 Å². The lowest BCUT2D eigenvalue weighted by Crippen LogP contribution is -2.41. The van der Waals surface area contributed by atoms with Crippen molar-refractivity contribution in [2.45, 2.75) is 63.4 Å². The Labute approximate surface area is 134 Å². The van der Waals surface area contributed by atoms with Gasteiger partial charge in [-0.25, -0.2) is 14.2 Å². The fourth-order valence-electron chi connectivity index (χ4n) is 3.51. The van der Waals surface area contributed by atoms with Crippen LogP contribution in [0, 0.1) is 0 Å². The molecule has 0 spiro atoms. The van der Waals surface area contributed by atoms with Crippen LogP contribution in [-0.4, -0.2) is 39.8 Å². The maximum Gasteiger partial charge on any atom is 0.410 e. The molecule has 2 bridgehead atoms. The van der Waals surface area contributed by atoms with E-state index < -0.39 is 23.9 Å². The lowest BCUT2D eigenvalue weighted by Gasteiger charge is -2.28. The van der Waals surface area contributed by atoms with E-state index in [1.807, 2.05) is 26.8 Å². The number of carbonyl (C=O) groups is 1. The maximum atomic E-state index is 14.1. The highest BCUT2D eigenvalue weighted by Gasteiger charge is 2.55. The zero-order valence-corrected chi connectivity index (χ0v) is 13.7. The summed E-state index contributed by atoms with van der Waals surface area (Å²) < 4.78 is 19.6. The molecule has 120 valence electrons. The van der Waals surface area contributed by atoms with Gasteiger partial charge in [0.25, 0.3) is 0 Å². The lowest BCUT2D eigenvalue weighted by atomic mass is 9.84. The van der Waals surface area contributed by atoms with Crippen molar-refractivity contribution in [3.05, 3.63) is 29.0 Å². The Morgan fingerprint density at radius 3 is 2.68 bits per heavy atom. The van der Waals surface area contributed by atoms with Crippen LogP contribution in [-0.2, 0) is 4.74 Å².